The minimum Gasteiger partial charge on any atom is -0.396 e. The van der Waals surface area contributed by atoms with Crippen molar-refractivity contribution in [1.82, 2.24) is 10.2 Å². The Kier molecular flexibility index (Phi) is 4.20. The molecule has 4 nitrogen and oxygen atoms in total. The summed E-state index contributed by atoms with van der Waals surface area (Å²) in [6.07, 6.45) is 10.7. The quantitative estimate of drug-likeness (QED) is 0.813. The Morgan fingerprint density at radius 1 is 1.20 bits per heavy atom. The predicted molar refractivity (Wildman–Crippen MR) is 78.5 cm³/mol. The van der Waals surface area contributed by atoms with E-state index in [0.717, 1.165) is 38.3 Å². The lowest BCUT2D eigenvalue weighted by molar-refractivity contribution is 0.0901. The van der Waals surface area contributed by atoms with Crippen molar-refractivity contribution in [2.45, 2.75) is 63.8 Å². The Hall–Kier alpha value is -0.770. The first kappa shape index (κ1) is 14.2. The average molecular weight is 280 g/mol. The van der Waals surface area contributed by atoms with E-state index < -0.39 is 0 Å². The Balaban J connectivity index is 1.52. The molecule has 2 amide bonds. The third-order valence-corrected chi connectivity index (χ3v) is 5.73. The molecule has 0 aromatic carbocycles. The van der Waals surface area contributed by atoms with Gasteiger partial charge in [-0.25, -0.2) is 4.79 Å². The Labute approximate surface area is 121 Å². The van der Waals surface area contributed by atoms with Gasteiger partial charge in [-0.3, -0.25) is 0 Å². The molecule has 0 radical (unpaired) electrons. The van der Waals surface area contributed by atoms with Crippen LogP contribution in [0.5, 0.6) is 0 Å². The molecule has 20 heavy (non-hydrogen) atoms. The molecular formula is C16H28N2O2. The summed E-state index contributed by atoms with van der Waals surface area (Å²) in [5, 5.41) is 12.4. The lowest BCUT2D eigenvalue weighted by Crippen LogP contribution is -2.52. The zero-order chi connectivity index (χ0) is 14.0. The van der Waals surface area contributed by atoms with Gasteiger partial charge in [-0.1, -0.05) is 6.42 Å². The average Bonchev–Trinajstić information content (AvgIpc) is 3.23. The van der Waals surface area contributed by atoms with Crippen LogP contribution in [0.15, 0.2) is 0 Å². The topological polar surface area (TPSA) is 52.6 Å². The van der Waals surface area contributed by atoms with Crippen LogP contribution in [0, 0.1) is 11.3 Å². The van der Waals surface area contributed by atoms with Crippen molar-refractivity contribution in [3.8, 4) is 0 Å². The number of carbonyl (C=O) groups is 1. The number of hydrogen-bond acceptors (Lipinski definition) is 2. The highest BCUT2D eigenvalue weighted by molar-refractivity contribution is 5.74. The highest BCUT2D eigenvalue weighted by Crippen LogP contribution is 2.56. The number of aliphatic hydroxyl groups excluding tert-OH is 1. The molecule has 3 fully saturated rings. The van der Waals surface area contributed by atoms with E-state index in [1.807, 2.05) is 4.90 Å². The predicted octanol–water partition coefficient (Wildman–Crippen LogP) is 2.51. The van der Waals surface area contributed by atoms with E-state index in [1.165, 1.54) is 38.5 Å². The second-order valence-electron chi connectivity index (χ2n) is 7.00. The molecule has 1 heterocycles. The standard InChI is InChI=1S/C16H28N2O2/c19-11-7-14-4-1-2-10-18(14)15(20)17-12-16(8-3-9-16)13-5-6-13/h13-14,19H,1-12H2,(H,17,20). The van der Waals surface area contributed by atoms with Crippen LogP contribution in [0.1, 0.15) is 57.8 Å². The van der Waals surface area contributed by atoms with Gasteiger partial charge in [0.25, 0.3) is 0 Å². The summed E-state index contributed by atoms with van der Waals surface area (Å²) < 4.78 is 0. The first-order chi connectivity index (χ1) is 9.75. The number of likely N-dealkylation sites (tertiary alicyclic amines) is 1. The lowest BCUT2D eigenvalue weighted by atomic mass is 9.65. The summed E-state index contributed by atoms with van der Waals surface area (Å²) in [7, 11) is 0. The minimum absolute atomic E-state index is 0.107. The third-order valence-electron chi connectivity index (χ3n) is 5.73. The summed E-state index contributed by atoms with van der Waals surface area (Å²) in [6, 6.07) is 0.349. The van der Waals surface area contributed by atoms with Crippen LogP contribution < -0.4 is 5.32 Å². The van der Waals surface area contributed by atoms with E-state index in [0.29, 0.717) is 5.41 Å². The molecule has 4 heteroatoms. The molecule has 2 saturated carbocycles. The first-order valence-electron chi connectivity index (χ1n) is 8.40. The Morgan fingerprint density at radius 3 is 2.60 bits per heavy atom. The van der Waals surface area contributed by atoms with Gasteiger partial charge >= 0.3 is 6.03 Å². The number of nitrogens with zero attached hydrogens (tertiary/aromatic N) is 1. The van der Waals surface area contributed by atoms with Crippen LogP contribution in [-0.2, 0) is 0 Å². The van der Waals surface area contributed by atoms with Crippen molar-refractivity contribution in [2.75, 3.05) is 19.7 Å². The van der Waals surface area contributed by atoms with Gasteiger partial charge in [-0.05, 0) is 62.7 Å². The zero-order valence-electron chi connectivity index (χ0n) is 12.4. The minimum atomic E-state index is 0.107. The molecule has 3 aliphatic rings. The van der Waals surface area contributed by atoms with Crippen LogP contribution in [0.4, 0.5) is 4.79 Å². The van der Waals surface area contributed by atoms with Crippen LogP contribution in [0.25, 0.3) is 0 Å². The number of aliphatic hydroxyl groups is 1. The number of piperidine rings is 1. The van der Waals surface area contributed by atoms with Gasteiger partial charge in [-0.15, -0.1) is 0 Å². The van der Waals surface area contributed by atoms with Crippen LogP contribution in [0.2, 0.25) is 0 Å². The molecule has 0 aromatic heterocycles. The van der Waals surface area contributed by atoms with Crippen molar-refractivity contribution >= 4 is 6.03 Å². The van der Waals surface area contributed by atoms with Crippen LogP contribution >= 0.6 is 0 Å². The molecule has 0 bridgehead atoms. The van der Waals surface area contributed by atoms with Gasteiger partial charge in [0.05, 0.1) is 0 Å². The maximum atomic E-state index is 12.4. The van der Waals surface area contributed by atoms with Gasteiger partial charge in [0.1, 0.15) is 0 Å². The largest absolute Gasteiger partial charge is 0.396 e. The normalized spacial score (nSPS) is 28.9. The van der Waals surface area contributed by atoms with E-state index in [4.69, 9.17) is 5.11 Å². The van der Waals surface area contributed by atoms with Gasteiger partial charge in [-0.2, -0.15) is 0 Å². The van der Waals surface area contributed by atoms with Crippen molar-refractivity contribution in [3.05, 3.63) is 0 Å². The molecule has 0 spiro atoms. The van der Waals surface area contributed by atoms with Gasteiger partial charge in [0.2, 0.25) is 0 Å². The fourth-order valence-electron chi connectivity index (χ4n) is 4.13. The van der Waals surface area contributed by atoms with Crippen molar-refractivity contribution < 1.29 is 9.90 Å². The molecule has 1 atom stereocenters. The van der Waals surface area contributed by atoms with Crippen molar-refractivity contribution in [3.63, 3.8) is 0 Å². The third kappa shape index (κ3) is 2.80. The van der Waals surface area contributed by atoms with Crippen LogP contribution in [-0.4, -0.2) is 41.8 Å². The van der Waals surface area contributed by atoms with Crippen molar-refractivity contribution in [2.24, 2.45) is 11.3 Å². The summed E-state index contributed by atoms with van der Waals surface area (Å²) in [5.74, 6) is 0.881. The zero-order valence-corrected chi connectivity index (χ0v) is 12.4. The van der Waals surface area contributed by atoms with E-state index in [9.17, 15) is 4.79 Å². The highest BCUT2D eigenvalue weighted by Gasteiger charge is 2.49. The summed E-state index contributed by atoms with van der Waals surface area (Å²) in [5.41, 5.74) is 0.442. The molecule has 0 aromatic rings. The smallest absolute Gasteiger partial charge is 0.317 e. The molecule has 114 valence electrons. The summed E-state index contributed by atoms with van der Waals surface area (Å²) in [4.78, 5) is 14.4. The molecular weight excluding hydrogens is 252 g/mol. The number of urea groups is 1. The fraction of sp³-hybridized carbons (Fsp3) is 0.938. The lowest BCUT2D eigenvalue weighted by Gasteiger charge is -2.44. The fourth-order valence-corrected chi connectivity index (χ4v) is 4.13. The van der Waals surface area contributed by atoms with E-state index >= 15 is 0 Å². The molecule has 2 aliphatic carbocycles. The van der Waals surface area contributed by atoms with E-state index in [-0.39, 0.29) is 18.7 Å². The maximum Gasteiger partial charge on any atom is 0.317 e. The van der Waals surface area contributed by atoms with Gasteiger partial charge in [0.15, 0.2) is 0 Å². The van der Waals surface area contributed by atoms with Gasteiger partial charge < -0.3 is 15.3 Å². The maximum absolute atomic E-state index is 12.4. The molecule has 1 aliphatic heterocycles. The number of hydrogen-bond donors (Lipinski definition) is 2. The number of nitrogens with one attached hydrogen (secondary N) is 1. The molecule has 3 rings (SSSR count). The monoisotopic (exact) mass is 280 g/mol. The number of rotatable bonds is 5. The van der Waals surface area contributed by atoms with E-state index in [1.54, 1.807) is 0 Å². The van der Waals surface area contributed by atoms with Gasteiger partial charge in [0, 0.05) is 25.7 Å². The molecule has 1 unspecified atom stereocenters. The number of amides is 2. The second-order valence-corrected chi connectivity index (χ2v) is 7.00. The number of carbonyl (C=O) groups excluding carboxylic acids is 1. The summed E-state index contributed by atoms with van der Waals surface area (Å²) in [6.45, 7) is 1.91. The summed E-state index contributed by atoms with van der Waals surface area (Å²) >= 11 is 0. The second kappa shape index (κ2) is 5.92. The highest BCUT2D eigenvalue weighted by atomic mass is 16.3. The Morgan fingerprint density at radius 2 is 2.00 bits per heavy atom. The first-order valence-corrected chi connectivity index (χ1v) is 8.40. The van der Waals surface area contributed by atoms with E-state index in [2.05, 4.69) is 5.32 Å². The molecule has 1 saturated heterocycles. The van der Waals surface area contributed by atoms with Crippen LogP contribution in [0.3, 0.4) is 0 Å². The molecule has 2 N–H and O–H groups in total. The SMILES string of the molecule is O=C(NCC1(C2CC2)CCC1)N1CCCCC1CCO. The Bertz CT molecular complexity index is 348. The van der Waals surface area contributed by atoms with Crippen molar-refractivity contribution in [1.29, 1.82) is 0 Å².